The number of para-hydroxylation sites is 2. The minimum atomic E-state index is -0.528. The van der Waals surface area contributed by atoms with Gasteiger partial charge in [-0.15, -0.1) is 0 Å². The Balaban J connectivity index is 1.53. The fourth-order valence-electron chi connectivity index (χ4n) is 2.65. The second kappa shape index (κ2) is 8.87. The van der Waals surface area contributed by atoms with E-state index in [4.69, 9.17) is 21.1 Å². The SMILES string of the molecule is O=C(CNc1ccccc1OCC1CCCO1)Nc1ccc(F)c(Cl)c1. The van der Waals surface area contributed by atoms with Crippen molar-refractivity contribution >= 4 is 28.9 Å². The lowest BCUT2D eigenvalue weighted by atomic mass is 10.2. The molecule has 0 saturated carbocycles. The first-order valence-corrected chi connectivity index (χ1v) is 8.82. The first-order valence-electron chi connectivity index (χ1n) is 8.44. The van der Waals surface area contributed by atoms with Crippen LogP contribution in [0.3, 0.4) is 0 Å². The zero-order chi connectivity index (χ0) is 18.4. The van der Waals surface area contributed by atoms with E-state index >= 15 is 0 Å². The molecule has 2 N–H and O–H groups in total. The van der Waals surface area contributed by atoms with Gasteiger partial charge in [0.25, 0.3) is 0 Å². The first kappa shape index (κ1) is 18.5. The largest absolute Gasteiger partial charge is 0.489 e. The Bertz CT molecular complexity index is 766. The molecule has 5 nitrogen and oxygen atoms in total. The molecule has 1 saturated heterocycles. The maximum absolute atomic E-state index is 13.2. The molecule has 1 atom stereocenters. The van der Waals surface area contributed by atoms with Gasteiger partial charge < -0.3 is 20.1 Å². The minimum absolute atomic E-state index is 0.0370. The predicted octanol–water partition coefficient (Wildman–Crippen LogP) is 4.09. The van der Waals surface area contributed by atoms with Gasteiger partial charge in [-0.05, 0) is 43.2 Å². The van der Waals surface area contributed by atoms with Crippen LogP contribution >= 0.6 is 11.6 Å². The second-order valence-corrected chi connectivity index (χ2v) is 6.38. The maximum Gasteiger partial charge on any atom is 0.243 e. The van der Waals surface area contributed by atoms with Crippen LogP contribution < -0.4 is 15.4 Å². The predicted molar refractivity (Wildman–Crippen MR) is 99.4 cm³/mol. The van der Waals surface area contributed by atoms with Gasteiger partial charge in [-0.1, -0.05) is 23.7 Å². The van der Waals surface area contributed by atoms with Crippen molar-refractivity contribution in [1.82, 2.24) is 0 Å². The molecule has 1 amide bonds. The molecule has 2 aromatic rings. The lowest BCUT2D eigenvalue weighted by molar-refractivity contribution is -0.114. The van der Waals surface area contributed by atoms with Crippen molar-refractivity contribution in [2.45, 2.75) is 18.9 Å². The van der Waals surface area contributed by atoms with Gasteiger partial charge in [-0.3, -0.25) is 4.79 Å². The van der Waals surface area contributed by atoms with Gasteiger partial charge in [-0.25, -0.2) is 4.39 Å². The number of nitrogens with one attached hydrogen (secondary N) is 2. The molecule has 1 heterocycles. The number of hydrogen-bond acceptors (Lipinski definition) is 4. The van der Waals surface area contributed by atoms with Crippen molar-refractivity contribution in [3.63, 3.8) is 0 Å². The van der Waals surface area contributed by atoms with Crippen LogP contribution in [0.15, 0.2) is 42.5 Å². The normalized spacial score (nSPS) is 16.3. The molecule has 2 aromatic carbocycles. The van der Waals surface area contributed by atoms with Gasteiger partial charge >= 0.3 is 0 Å². The van der Waals surface area contributed by atoms with E-state index in [1.54, 1.807) is 0 Å². The Morgan fingerprint density at radius 1 is 1.31 bits per heavy atom. The molecule has 26 heavy (non-hydrogen) atoms. The minimum Gasteiger partial charge on any atom is -0.489 e. The second-order valence-electron chi connectivity index (χ2n) is 5.97. The quantitative estimate of drug-likeness (QED) is 0.762. The number of hydrogen-bond donors (Lipinski definition) is 2. The summed E-state index contributed by atoms with van der Waals surface area (Å²) in [6.07, 6.45) is 2.18. The van der Waals surface area contributed by atoms with Crippen molar-refractivity contribution in [3.05, 3.63) is 53.3 Å². The third kappa shape index (κ3) is 5.09. The molecule has 0 aromatic heterocycles. The Morgan fingerprint density at radius 3 is 2.92 bits per heavy atom. The number of rotatable bonds is 7. The third-order valence-electron chi connectivity index (χ3n) is 3.98. The van der Waals surface area contributed by atoms with E-state index in [9.17, 15) is 9.18 Å². The van der Waals surface area contributed by atoms with Gasteiger partial charge in [0, 0.05) is 12.3 Å². The Kier molecular flexibility index (Phi) is 6.30. The highest BCUT2D eigenvalue weighted by Crippen LogP contribution is 2.25. The van der Waals surface area contributed by atoms with E-state index in [-0.39, 0.29) is 23.6 Å². The number of benzene rings is 2. The molecule has 0 radical (unpaired) electrons. The lowest BCUT2D eigenvalue weighted by Crippen LogP contribution is -2.22. The van der Waals surface area contributed by atoms with Gasteiger partial charge in [-0.2, -0.15) is 0 Å². The number of carbonyl (C=O) groups excluding carboxylic acids is 1. The van der Waals surface area contributed by atoms with E-state index in [0.717, 1.165) is 25.1 Å². The Hall–Kier alpha value is -2.31. The van der Waals surface area contributed by atoms with Crippen molar-refractivity contribution in [1.29, 1.82) is 0 Å². The zero-order valence-electron chi connectivity index (χ0n) is 14.1. The smallest absolute Gasteiger partial charge is 0.243 e. The van der Waals surface area contributed by atoms with Crippen LogP contribution in [0.1, 0.15) is 12.8 Å². The summed E-state index contributed by atoms with van der Waals surface area (Å²) in [4.78, 5) is 12.1. The molecule has 1 fully saturated rings. The average Bonchev–Trinajstić information content (AvgIpc) is 3.15. The number of amides is 1. The van der Waals surface area contributed by atoms with E-state index in [1.807, 2.05) is 24.3 Å². The van der Waals surface area contributed by atoms with Crippen molar-refractivity contribution in [2.75, 3.05) is 30.4 Å². The number of carbonyl (C=O) groups is 1. The topological polar surface area (TPSA) is 59.6 Å². The van der Waals surface area contributed by atoms with Crippen LogP contribution in [-0.4, -0.2) is 31.8 Å². The highest BCUT2D eigenvalue weighted by molar-refractivity contribution is 6.31. The molecule has 0 aliphatic carbocycles. The molecule has 1 unspecified atom stereocenters. The summed E-state index contributed by atoms with van der Waals surface area (Å²) in [6.45, 7) is 1.30. The summed E-state index contributed by atoms with van der Waals surface area (Å²) in [5, 5.41) is 5.67. The molecular formula is C19H20ClFN2O3. The summed E-state index contributed by atoms with van der Waals surface area (Å²) in [6, 6.07) is 11.4. The highest BCUT2D eigenvalue weighted by Gasteiger charge is 2.16. The number of ether oxygens (including phenoxy) is 2. The molecule has 3 rings (SSSR count). The van der Waals surface area contributed by atoms with Crippen LogP contribution in [0.4, 0.5) is 15.8 Å². The summed E-state index contributed by atoms with van der Waals surface area (Å²) >= 11 is 5.71. The molecule has 1 aliphatic heterocycles. The average molecular weight is 379 g/mol. The van der Waals surface area contributed by atoms with Crippen molar-refractivity contribution in [3.8, 4) is 5.75 Å². The molecule has 0 spiro atoms. The standard InChI is InChI=1S/C19H20ClFN2O3/c20-15-10-13(7-8-16(15)21)23-19(24)11-22-17-5-1-2-6-18(17)26-12-14-4-3-9-25-14/h1-2,5-8,10,14,22H,3-4,9,11-12H2,(H,23,24). The third-order valence-corrected chi connectivity index (χ3v) is 4.27. The lowest BCUT2D eigenvalue weighted by Gasteiger charge is -2.15. The maximum atomic E-state index is 13.2. The number of halogens is 2. The van der Waals surface area contributed by atoms with Gasteiger partial charge in [0.15, 0.2) is 0 Å². The summed E-state index contributed by atoms with van der Waals surface area (Å²) in [7, 11) is 0. The zero-order valence-corrected chi connectivity index (χ0v) is 14.9. The van der Waals surface area contributed by atoms with Gasteiger partial charge in [0.05, 0.1) is 23.4 Å². The molecule has 138 valence electrons. The molecule has 7 heteroatoms. The highest BCUT2D eigenvalue weighted by atomic mass is 35.5. The van der Waals surface area contributed by atoms with Crippen LogP contribution in [0.5, 0.6) is 5.75 Å². The van der Waals surface area contributed by atoms with Crippen LogP contribution in [-0.2, 0) is 9.53 Å². The summed E-state index contributed by atoms with van der Waals surface area (Å²) in [5.41, 5.74) is 1.16. The fourth-order valence-corrected chi connectivity index (χ4v) is 2.83. The van der Waals surface area contributed by atoms with Crippen molar-refractivity contribution < 1.29 is 18.7 Å². The van der Waals surface area contributed by atoms with E-state index in [1.165, 1.54) is 18.2 Å². The Morgan fingerprint density at radius 2 is 2.15 bits per heavy atom. The van der Waals surface area contributed by atoms with Gasteiger partial charge in [0.2, 0.25) is 5.91 Å². The van der Waals surface area contributed by atoms with E-state index in [2.05, 4.69) is 10.6 Å². The molecule has 1 aliphatic rings. The monoisotopic (exact) mass is 378 g/mol. The molecular weight excluding hydrogens is 359 g/mol. The van der Waals surface area contributed by atoms with Crippen LogP contribution in [0, 0.1) is 5.82 Å². The summed E-state index contributed by atoms with van der Waals surface area (Å²) < 4.78 is 24.5. The molecule has 0 bridgehead atoms. The van der Waals surface area contributed by atoms with Crippen LogP contribution in [0.25, 0.3) is 0 Å². The van der Waals surface area contributed by atoms with Gasteiger partial charge in [0.1, 0.15) is 18.2 Å². The number of anilines is 2. The Labute approximate surface area is 156 Å². The van der Waals surface area contributed by atoms with Crippen molar-refractivity contribution in [2.24, 2.45) is 0 Å². The first-order chi connectivity index (χ1) is 12.6. The summed E-state index contributed by atoms with van der Waals surface area (Å²) in [5.74, 6) is -0.137. The van der Waals surface area contributed by atoms with Crippen LogP contribution in [0.2, 0.25) is 5.02 Å². The van der Waals surface area contributed by atoms with E-state index < -0.39 is 5.82 Å². The fraction of sp³-hybridized carbons (Fsp3) is 0.316. The van der Waals surface area contributed by atoms with E-state index in [0.29, 0.717) is 18.0 Å².